The molecule has 192 valence electrons. The van der Waals surface area contributed by atoms with Crippen LogP contribution in [0.25, 0.3) is 11.0 Å². The van der Waals surface area contributed by atoms with E-state index < -0.39 is 0 Å². The van der Waals surface area contributed by atoms with Crippen LogP contribution in [-0.2, 0) is 20.0 Å². The van der Waals surface area contributed by atoms with E-state index in [1.807, 2.05) is 62.3 Å². The minimum absolute atomic E-state index is 0.000215. The maximum absolute atomic E-state index is 13.5. The van der Waals surface area contributed by atoms with Gasteiger partial charge in [0, 0.05) is 32.2 Å². The van der Waals surface area contributed by atoms with E-state index in [1.54, 1.807) is 10.9 Å². The summed E-state index contributed by atoms with van der Waals surface area (Å²) in [5.41, 5.74) is 4.03. The van der Waals surface area contributed by atoms with Gasteiger partial charge >= 0.3 is 0 Å². The Kier molecular flexibility index (Phi) is 7.24. The Balaban J connectivity index is 1.31. The molecule has 0 N–H and O–H groups in total. The van der Waals surface area contributed by atoms with E-state index in [-0.39, 0.29) is 17.4 Å². The van der Waals surface area contributed by atoms with Crippen LogP contribution in [-0.4, -0.2) is 51.7 Å². The van der Waals surface area contributed by atoms with Gasteiger partial charge in [-0.25, -0.2) is 0 Å². The Morgan fingerprint density at radius 3 is 2.51 bits per heavy atom. The first-order valence-corrected chi connectivity index (χ1v) is 12.9. The Morgan fingerprint density at radius 1 is 1.11 bits per heavy atom. The van der Waals surface area contributed by atoms with Crippen LogP contribution >= 0.6 is 0 Å². The molecule has 7 nitrogen and oxygen atoms in total. The fourth-order valence-electron chi connectivity index (χ4n) is 5.58. The predicted octanol–water partition coefficient (Wildman–Crippen LogP) is 4.43. The summed E-state index contributed by atoms with van der Waals surface area (Å²) in [4.78, 5) is 30.7. The fourth-order valence-corrected chi connectivity index (χ4v) is 5.58. The minimum atomic E-state index is 0.000215. The quantitative estimate of drug-likeness (QED) is 0.377. The SMILES string of the molecule is Cc1cc(C(=O)N(C)[C@@H](Cc2ccccc2)C2CCN(Cc3coc4ccccc4c3=O)CC2)n(C)n1. The number of amides is 1. The third-order valence-corrected chi connectivity index (χ3v) is 7.65. The van der Waals surface area contributed by atoms with Gasteiger partial charge in [0.2, 0.25) is 0 Å². The summed E-state index contributed by atoms with van der Waals surface area (Å²) in [7, 11) is 3.74. The van der Waals surface area contributed by atoms with Gasteiger partial charge < -0.3 is 9.32 Å². The highest BCUT2D eigenvalue weighted by Gasteiger charge is 2.33. The van der Waals surface area contributed by atoms with Crippen molar-refractivity contribution in [3.63, 3.8) is 0 Å². The monoisotopic (exact) mass is 498 g/mol. The van der Waals surface area contributed by atoms with E-state index in [4.69, 9.17) is 4.42 Å². The van der Waals surface area contributed by atoms with E-state index >= 15 is 0 Å². The van der Waals surface area contributed by atoms with Crippen LogP contribution in [0.5, 0.6) is 0 Å². The summed E-state index contributed by atoms with van der Waals surface area (Å²) in [6.07, 6.45) is 4.33. The van der Waals surface area contributed by atoms with E-state index in [1.165, 1.54) is 5.56 Å². The molecule has 0 bridgehead atoms. The lowest BCUT2D eigenvalue weighted by Gasteiger charge is -2.40. The summed E-state index contributed by atoms with van der Waals surface area (Å²) in [6.45, 7) is 4.22. The minimum Gasteiger partial charge on any atom is -0.464 e. The first-order chi connectivity index (χ1) is 17.9. The number of likely N-dealkylation sites (tertiary alicyclic amines) is 1. The molecule has 2 aromatic heterocycles. The average molecular weight is 499 g/mol. The first kappa shape index (κ1) is 25.0. The van der Waals surface area contributed by atoms with Crippen LogP contribution in [0.2, 0.25) is 0 Å². The molecule has 0 spiro atoms. The van der Waals surface area contributed by atoms with Gasteiger partial charge in [-0.1, -0.05) is 42.5 Å². The molecule has 37 heavy (non-hydrogen) atoms. The number of likely N-dealkylation sites (N-methyl/N-ethyl adjacent to an activating group) is 1. The molecule has 0 saturated carbocycles. The number of para-hydroxylation sites is 1. The van der Waals surface area contributed by atoms with E-state index in [0.29, 0.717) is 34.7 Å². The molecule has 3 heterocycles. The van der Waals surface area contributed by atoms with Crippen LogP contribution in [0.15, 0.2) is 76.1 Å². The fraction of sp³-hybridized carbons (Fsp3) is 0.367. The number of rotatable bonds is 7. The highest BCUT2D eigenvalue weighted by molar-refractivity contribution is 5.92. The molecule has 1 amide bonds. The van der Waals surface area contributed by atoms with Crippen molar-refractivity contribution < 1.29 is 9.21 Å². The largest absolute Gasteiger partial charge is 0.464 e. The van der Waals surface area contributed by atoms with Crippen molar-refractivity contribution in [2.75, 3.05) is 20.1 Å². The molecule has 0 radical (unpaired) electrons. The lowest BCUT2D eigenvalue weighted by atomic mass is 9.84. The van der Waals surface area contributed by atoms with Crippen LogP contribution in [0.3, 0.4) is 0 Å². The molecule has 4 aromatic rings. The number of hydrogen-bond acceptors (Lipinski definition) is 5. The summed E-state index contributed by atoms with van der Waals surface area (Å²) >= 11 is 0. The summed E-state index contributed by atoms with van der Waals surface area (Å²) in [6, 6.07) is 19.7. The zero-order chi connectivity index (χ0) is 25.9. The lowest BCUT2D eigenvalue weighted by Crippen LogP contribution is -2.47. The number of carbonyl (C=O) groups excluding carboxylic acids is 1. The van der Waals surface area contributed by atoms with Crippen molar-refractivity contribution in [2.45, 2.75) is 38.8 Å². The topological polar surface area (TPSA) is 71.6 Å². The number of fused-ring (bicyclic) bond motifs is 1. The van der Waals surface area contributed by atoms with Gasteiger partial charge in [-0.15, -0.1) is 0 Å². The number of aromatic nitrogens is 2. The standard InChI is InChI=1S/C30H34N4O3/c1-21-17-27(33(3)31-21)30(36)32(2)26(18-22-9-5-4-6-10-22)23-13-15-34(16-14-23)19-24-20-37-28-12-8-7-11-25(28)29(24)35/h4-12,17,20,23,26H,13-16,18-19H2,1-3H3/t26-/m0/s1. The number of benzene rings is 2. The third-order valence-electron chi connectivity index (χ3n) is 7.65. The maximum atomic E-state index is 13.5. The van der Waals surface area contributed by atoms with Crippen molar-refractivity contribution in [2.24, 2.45) is 13.0 Å². The van der Waals surface area contributed by atoms with Gasteiger partial charge in [0.1, 0.15) is 11.3 Å². The van der Waals surface area contributed by atoms with Crippen molar-refractivity contribution >= 4 is 16.9 Å². The number of hydrogen-bond donors (Lipinski definition) is 0. The zero-order valence-electron chi connectivity index (χ0n) is 21.8. The van der Waals surface area contributed by atoms with Crippen molar-refractivity contribution in [3.05, 3.63) is 99.7 Å². The lowest BCUT2D eigenvalue weighted by molar-refractivity contribution is 0.0574. The Morgan fingerprint density at radius 2 is 1.81 bits per heavy atom. The van der Waals surface area contributed by atoms with Crippen molar-refractivity contribution in [1.29, 1.82) is 0 Å². The van der Waals surface area contributed by atoms with Crippen LogP contribution in [0.4, 0.5) is 0 Å². The first-order valence-electron chi connectivity index (χ1n) is 12.9. The van der Waals surface area contributed by atoms with Crippen LogP contribution in [0, 0.1) is 12.8 Å². The smallest absolute Gasteiger partial charge is 0.272 e. The molecule has 1 atom stereocenters. The molecular formula is C30H34N4O3. The summed E-state index contributed by atoms with van der Waals surface area (Å²) in [5, 5.41) is 5.00. The molecule has 5 rings (SSSR count). The highest BCUT2D eigenvalue weighted by Crippen LogP contribution is 2.28. The molecule has 1 aliphatic heterocycles. The number of nitrogens with zero attached hydrogens (tertiary/aromatic N) is 4. The van der Waals surface area contributed by atoms with Gasteiger partial charge in [-0.3, -0.25) is 19.2 Å². The van der Waals surface area contributed by atoms with Gasteiger partial charge in [0.15, 0.2) is 5.43 Å². The molecular weight excluding hydrogens is 464 g/mol. The maximum Gasteiger partial charge on any atom is 0.272 e. The molecule has 1 fully saturated rings. The van der Waals surface area contributed by atoms with E-state index in [9.17, 15) is 9.59 Å². The van der Waals surface area contributed by atoms with E-state index in [2.05, 4.69) is 34.3 Å². The van der Waals surface area contributed by atoms with Crippen LogP contribution in [0.1, 0.15) is 40.2 Å². The molecule has 2 aromatic carbocycles. The average Bonchev–Trinajstić information content (AvgIpc) is 3.27. The summed E-state index contributed by atoms with van der Waals surface area (Å²) < 4.78 is 7.40. The number of carbonyl (C=O) groups is 1. The molecule has 0 unspecified atom stereocenters. The molecule has 7 heteroatoms. The molecule has 0 aliphatic carbocycles. The summed E-state index contributed by atoms with van der Waals surface area (Å²) in [5.74, 6) is 0.355. The number of aryl methyl sites for hydroxylation is 2. The van der Waals surface area contributed by atoms with E-state index in [0.717, 1.165) is 38.0 Å². The Bertz CT molecular complexity index is 1430. The second-order valence-corrected chi connectivity index (χ2v) is 10.2. The van der Waals surface area contributed by atoms with Gasteiger partial charge in [-0.2, -0.15) is 5.10 Å². The third kappa shape index (κ3) is 5.37. The number of piperidine rings is 1. The molecule has 1 saturated heterocycles. The van der Waals surface area contributed by atoms with Crippen molar-refractivity contribution in [3.8, 4) is 0 Å². The van der Waals surface area contributed by atoms with Gasteiger partial charge in [0.05, 0.1) is 17.3 Å². The second kappa shape index (κ2) is 10.7. The second-order valence-electron chi connectivity index (χ2n) is 10.2. The Hall–Kier alpha value is -3.71. The van der Waals surface area contributed by atoms with Gasteiger partial charge in [-0.05, 0) is 69.0 Å². The van der Waals surface area contributed by atoms with Crippen molar-refractivity contribution in [1.82, 2.24) is 19.6 Å². The van der Waals surface area contributed by atoms with Gasteiger partial charge in [0.25, 0.3) is 5.91 Å². The molecule has 1 aliphatic rings. The highest BCUT2D eigenvalue weighted by atomic mass is 16.3. The predicted molar refractivity (Wildman–Crippen MR) is 144 cm³/mol. The zero-order valence-corrected chi connectivity index (χ0v) is 21.8. The van der Waals surface area contributed by atoms with Crippen LogP contribution < -0.4 is 5.43 Å². The normalized spacial score (nSPS) is 15.6. The Labute approximate surface area is 217 Å².